The van der Waals surface area contributed by atoms with Gasteiger partial charge in [-0.15, -0.1) is 0 Å². The molecule has 0 N–H and O–H groups in total. The van der Waals surface area contributed by atoms with Gasteiger partial charge in [0, 0.05) is 36.7 Å². The zero-order valence-corrected chi connectivity index (χ0v) is 16.8. The van der Waals surface area contributed by atoms with Gasteiger partial charge in [-0.3, -0.25) is 9.98 Å². The molecular weight excluding hydrogens is 364 g/mol. The van der Waals surface area contributed by atoms with Gasteiger partial charge < -0.3 is 28.4 Å². The van der Waals surface area contributed by atoms with E-state index in [1.807, 2.05) is 0 Å². The summed E-state index contributed by atoms with van der Waals surface area (Å²) in [5.74, 6) is 3.11. The molecule has 2 aromatic rings. The summed E-state index contributed by atoms with van der Waals surface area (Å²) in [5, 5.41) is 0. The number of ether oxygens (including phenoxy) is 6. The molecule has 0 amide bonds. The van der Waals surface area contributed by atoms with Crippen LogP contribution >= 0.6 is 0 Å². The second kappa shape index (κ2) is 10.1. The van der Waals surface area contributed by atoms with E-state index >= 15 is 0 Å². The SMILES string of the molecule is COc1cc(N=CC=Nc2cc(OC)c(OC)c(OC)c2)cc(OC)c1OC. The van der Waals surface area contributed by atoms with E-state index in [-0.39, 0.29) is 0 Å². The predicted octanol–water partition coefficient (Wildman–Crippen LogP) is 3.84. The van der Waals surface area contributed by atoms with E-state index in [0.29, 0.717) is 45.9 Å². The molecule has 0 radical (unpaired) electrons. The van der Waals surface area contributed by atoms with E-state index < -0.39 is 0 Å². The Kier molecular flexibility index (Phi) is 7.50. The molecule has 0 aliphatic carbocycles. The number of hydrogen-bond acceptors (Lipinski definition) is 8. The first-order valence-corrected chi connectivity index (χ1v) is 8.28. The van der Waals surface area contributed by atoms with Gasteiger partial charge in [0.25, 0.3) is 0 Å². The smallest absolute Gasteiger partial charge is 0.203 e. The summed E-state index contributed by atoms with van der Waals surface area (Å²) in [7, 11) is 9.31. The molecule has 0 spiro atoms. The van der Waals surface area contributed by atoms with Gasteiger partial charge in [-0.05, 0) is 0 Å². The average molecular weight is 388 g/mol. The molecule has 8 nitrogen and oxygen atoms in total. The number of rotatable bonds is 9. The minimum Gasteiger partial charge on any atom is -0.493 e. The summed E-state index contributed by atoms with van der Waals surface area (Å²) in [6.07, 6.45) is 3.12. The Balaban J connectivity index is 2.26. The normalized spacial score (nSPS) is 10.9. The van der Waals surface area contributed by atoms with E-state index in [0.717, 1.165) is 0 Å². The Morgan fingerprint density at radius 2 is 0.786 bits per heavy atom. The van der Waals surface area contributed by atoms with Crippen LogP contribution in [0.5, 0.6) is 34.5 Å². The van der Waals surface area contributed by atoms with Crippen molar-refractivity contribution in [1.29, 1.82) is 0 Å². The fourth-order valence-electron chi connectivity index (χ4n) is 2.52. The highest BCUT2D eigenvalue weighted by molar-refractivity contribution is 6.17. The Morgan fingerprint density at radius 3 is 1.00 bits per heavy atom. The first-order chi connectivity index (χ1) is 13.6. The number of benzene rings is 2. The third-order valence-electron chi connectivity index (χ3n) is 3.81. The van der Waals surface area contributed by atoms with E-state index in [1.54, 1.807) is 79.4 Å². The van der Waals surface area contributed by atoms with Gasteiger partial charge in [0.15, 0.2) is 23.0 Å². The number of methoxy groups -OCH3 is 6. The molecule has 0 heterocycles. The molecule has 0 saturated heterocycles. The lowest BCUT2D eigenvalue weighted by molar-refractivity contribution is 0.324. The lowest BCUT2D eigenvalue weighted by Crippen LogP contribution is -1.94. The molecule has 0 aliphatic rings. The monoisotopic (exact) mass is 388 g/mol. The molecule has 0 saturated carbocycles. The highest BCUT2D eigenvalue weighted by atomic mass is 16.5. The molecule has 0 fully saturated rings. The van der Waals surface area contributed by atoms with Crippen LogP contribution in [0.2, 0.25) is 0 Å². The van der Waals surface area contributed by atoms with E-state index in [4.69, 9.17) is 28.4 Å². The lowest BCUT2D eigenvalue weighted by atomic mass is 10.2. The summed E-state index contributed by atoms with van der Waals surface area (Å²) in [6, 6.07) is 6.96. The summed E-state index contributed by atoms with van der Waals surface area (Å²) < 4.78 is 31.9. The number of aliphatic imine (C=N–C) groups is 2. The Labute approximate surface area is 164 Å². The first kappa shape index (κ1) is 20.9. The van der Waals surface area contributed by atoms with Crippen molar-refractivity contribution in [2.24, 2.45) is 9.98 Å². The molecule has 0 aliphatic heterocycles. The number of hydrogen-bond donors (Lipinski definition) is 0. The number of nitrogens with zero attached hydrogens (tertiary/aromatic N) is 2. The van der Waals surface area contributed by atoms with Gasteiger partial charge in [0.05, 0.1) is 54.0 Å². The second-order valence-electron chi connectivity index (χ2n) is 5.32. The van der Waals surface area contributed by atoms with E-state index in [1.165, 1.54) is 0 Å². The Morgan fingerprint density at radius 1 is 0.500 bits per heavy atom. The van der Waals surface area contributed by atoms with Crippen molar-refractivity contribution in [3.05, 3.63) is 24.3 Å². The van der Waals surface area contributed by atoms with Crippen molar-refractivity contribution in [2.45, 2.75) is 0 Å². The average Bonchev–Trinajstić information content (AvgIpc) is 2.74. The molecule has 8 heteroatoms. The van der Waals surface area contributed by atoms with Gasteiger partial charge in [0.1, 0.15) is 0 Å². The molecule has 2 aromatic carbocycles. The van der Waals surface area contributed by atoms with Crippen LogP contribution in [0.4, 0.5) is 11.4 Å². The lowest BCUT2D eigenvalue weighted by Gasteiger charge is -2.12. The zero-order valence-electron chi connectivity index (χ0n) is 16.8. The fraction of sp³-hybridized carbons (Fsp3) is 0.300. The molecule has 0 bridgehead atoms. The van der Waals surface area contributed by atoms with Gasteiger partial charge in [-0.2, -0.15) is 0 Å². The van der Waals surface area contributed by atoms with Crippen LogP contribution in [0.15, 0.2) is 34.3 Å². The predicted molar refractivity (Wildman–Crippen MR) is 109 cm³/mol. The summed E-state index contributed by atoms with van der Waals surface area (Å²) in [4.78, 5) is 8.71. The van der Waals surface area contributed by atoms with Crippen LogP contribution in [-0.4, -0.2) is 55.1 Å². The molecule has 2 rings (SSSR count). The molecule has 28 heavy (non-hydrogen) atoms. The summed E-state index contributed by atoms with van der Waals surface area (Å²) >= 11 is 0. The maximum atomic E-state index is 5.32. The maximum absolute atomic E-state index is 5.32. The minimum absolute atomic E-state index is 0.509. The second-order valence-corrected chi connectivity index (χ2v) is 5.32. The fourth-order valence-corrected chi connectivity index (χ4v) is 2.52. The Hall–Kier alpha value is -3.42. The van der Waals surface area contributed by atoms with E-state index in [9.17, 15) is 0 Å². The highest BCUT2D eigenvalue weighted by Crippen LogP contribution is 2.41. The van der Waals surface area contributed by atoms with Crippen LogP contribution in [0, 0.1) is 0 Å². The van der Waals surface area contributed by atoms with Crippen LogP contribution in [-0.2, 0) is 0 Å². The minimum atomic E-state index is 0.509. The topological polar surface area (TPSA) is 80.1 Å². The van der Waals surface area contributed by atoms with E-state index in [2.05, 4.69) is 9.98 Å². The van der Waals surface area contributed by atoms with Crippen molar-refractivity contribution in [1.82, 2.24) is 0 Å². The quantitative estimate of drug-likeness (QED) is 0.607. The summed E-state index contributed by atoms with van der Waals surface area (Å²) in [6.45, 7) is 0. The van der Waals surface area contributed by atoms with Crippen molar-refractivity contribution >= 4 is 23.8 Å². The van der Waals surface area contributed by atoms with Gasteiger partial charge in [-0.1, -0.05) is 0 Å². The third kappa shape index (κ3) is 4.64. The zero-order chi connectivity index (χ0) is 20.5. The van der Waals surface area contributed by atoms with Gasteiger partial charge in [0.2, 0.25) is 11.5 Å². The maximum Gasteiger partial charge on any atom is 0.203 e. The summed E-state index contributed by atoms with van der Waals surface area (Å²) in [5.41, 5.74) is 1.26. The van der Waals surface area contributed by atoms with Crippen molar-refractivity contribution in [2.75, 3.05) is 42.7 Å². The van der Waals surface area contributed by atoms with Crippen LogP contribution < -0.4 is 28.4 Å². The molecule has 0 atom stereocenters. The van der Waals surface area contributed by atoms with Crippen molar-refractivity contribution in [3.8, 4) is 34.5 Å². The first-order valence-electron chi connectivity index (χ1n) is 8.28. The van der Waals surface area contributed by atoms with Crippen molar-refractivity contribution < 1.29 is 28.4 Å². The molecule has 150 valence electrons. The highest BCUT2D eigenvalue weighted by Gasteiger charge is 2.13. The van der Waals surface area contributed by atoms with Crippen LogP contribution in [0.1, 0.15) is 0 Å². The van der Waals surface area contributed by atoms with Crippen LogP contribution in [0.3, 0.4) is 0 Å². The Bertz CT molecular complexity index is 742. The third-order valence-corrected chi connectivity index (χ3v) is 3.81. The van der Waals surface area contributed by atoms with Gasteiger partial charge >= 0.3 is 0 Å². The molecule has 0 aromatic heterocycles. The molecule has 0 unspecified atom stereocenters. The largest absolute Gasteiger partial charge is 0.493 e. The van der Waals surface area contributed by atoms with Gasteiger partial charge in [-0.25, -0.2) is 0 Å². The standard InChI is InChI=1S/C20H24N2O6/c1-23-15-9-13(10-16(24-2)19(15)27-5)21-7-8-22-14-11-17(25-3)20(28-6)18(12-14)26-4/h7-12H,1-6H3. The van der Waals surface area contributed by atoms with Crippen LogP contribution in [0.25, 0.3) is 0 Å². The molecular formula is C20H24N2O6. The van der Waals surface area contributed by atoms with Crippen molar-refractivity contribution in [3.63, 3.8) is 0 Å².